The summed E-state index contributed by atoms with van der Waals surface area (Å²) in [5.41, 5.74) is 1.36. The minimum absolute atomic E-state index is 0.0778. The molecule has 92 valence electrons. The molecule has 0 saturated carbocycles. The third kappa shape index (κ3) is 2.22. The van der Waals surface area contributed by atoms with Gasteiger partial charge in [0, 0.05) is 16.7 Å². The van der Waals surface area contributed by atoms with Gasteiger partial charge in [0.25, 0.3) is 5.56 Å². The maximum atomic E-state index is 11.8. The zero-order valence-electron chi connectivity index (χ0n) is 9.55. The Labute approximate surface area is 112 Å². The summed E-state index contributed by atoms with van der Waals surface area (Å²) < 4.78 is 2.21. The normalized spacial score (nSPS) is 10.3. The molecule has 4 nitrogen and oxygen atoms in total. The lowest BCUT2D eigenvalue weighted by Crippen LogP contribution is -2.19. The highest BCUT2D eigenvalue weighted by Crippen LogP contribution is 2.21. The zero-order valence-corrected chi connectivity index (χ0v) is 11.1. The van der Waals surface area contributed by atoms with Gasteiger partial charge in [0.2, 0.25) is 0 Å². The number of carbonyl (C=O) groups is 1. The summed E-state index contributed by atoms with van der Waals surface area (Å²) in [6, 6.07) is 7.99. The molecule has 0 fully saturated rings. The van der Waals surface area contributed by atoms with E-state index in [4.69, 9.17) is 5.11 Å². The van der Waals surface area contributed by atoms with Gasteiger partial charge in [-0.1, -0.05) is 22.0 Å². The molecule has 0 spiro atoms. The molecule has 1 N–H and O–H groups in total. The van der Waals surface area contributed by atoms with Crippen LogP contribution in [0.2, 0.25) is 0 Å². The molecule has 0 aliphatic heterocycles. The number of nitrogens with zero attached hydrogens (tertiary/aromatic N) is 1. The van der Waals surface area contributed by atoms with E-state index in [1.54, 1.807) is 12.1 Å². The zero-order chi connectivity index (χ0) is 13.3. The molecule has 0 atom stereocenters. The van der Waals surface area contributed by atoms with Gasteiger partial charge < -0.3 is 5.11 Å². The number of benzene rings is 1. The molecule has 5 heteroatoms. The van der Waals surface area contributed by atoms with E-state index < -0.39 is 5.97 Å². The molecule has 0 bridgehead atoms. The van der Waals surface area contributed by atoms with Gasteiger partial charge in [-0.05, 0) is 30.7 Å². The van der Waals surface area contributed by atoms with Gasteiger partial charge in [0.1, 0.15) is 0 Å². The van der Waals surface area contributed by atoms with Crippen LogP contribution >= 0.6 is 15.9 Å². The van der Waals surface area contributed by atoms with Crippen LogP contribution in [0.15, 0.2) is 45.8 Å². The number of pyridine rings is 1. The molecule has 0 saturated heterocycles. The Morgan fingerprint density at radius 3 is 2.67 bits per heavy atom. The maximum absolute atomic E-state index is 11.8. The topological polar surface area (TPSA) is 59.3 Å². The molecule has 0 aliphatic rings. The predicted molar refractivity (Wildman–Crippen MR) is 71.4 cm³/mol. The Kier molecular flexibility index (Phi) is 3.34. The van der Waals surface area contributed by atoms with Crippen LogP contribution in [0.3, 0.4) is 0 Å². The number of carboxylic acids is 1. The fourth-order valence-corrected chi connectivity index (χ4v) is 2.01. The number of halogens is 1. The van der Waals surface area contributed by atoms with E-state index in [2.05, 4.69) is 15.9 Å². The molecule has 2 rings (SSSR count). The van der Waals surface area contributed by atoms with Crippen molar-refractivity contribution in [2.24, 2.45) is 0 Å². The van der Waals surface area contributed by atoms with E-state index in [1.807, 2.05) is 13.0 Å². The lowest BCUT2D eigenvalue weighted by atomic mass is 10.2. The molecular weight excluding hydrogens is 298 g/mol. The summed E-state index contributed by atoms with van der Waals surface area (Å²) in [4.78, 5) is 22.7. The summed E-state index contributed by atoms with van der Waals surface area (Å²) in [5, 5.41) is 8.95. The van der Waals surface area contributed by atoms with Crippen molar-refractivity contribution in [2.75, 3.05) is 0 Å². The van der Waals surface area contributed by atoms with Gasteiger partial charge in [-0.15, -0.1) is 0 Å². The van der Waals surface area contributed by atoms with Crippen LogP contribution < -0.4 is 5.56 Å². The molecule has 18 heavy (non-hydrogen) atoms. The van der Waals surface area contributed by atoms with Crippen LogP contribution in [0.5, 0.6) is 0 Å². The van der Waals surface area contributed by atoms with E-state index in [-0.39, 0.29) is 11.1 Å². The molecule has 0 unspecified atom stereocenters. The van der Waals surface area contributed by atoms with E-state index in [9.17, 15) is 9.59 Å². The number of aromatic carboxylic acids is 1. The van der Waals surface area contributed by atoms with Crippen molar-refractivity contribution in [3.8, 4) is 5.69 Å². The minimum atomic E-state index is -1.06. The van der Waals surface area contributed by atoms with Gasteiger partial charge in [-0.25, -0.2) is 4.79 Å². The SMILES string of the molecule is Cc1c(Br)cccc1-n1cc(C(=O)O)ccc1=O. The molecular formula is C13H10BrNO3. The van der Waals surface area contributed by atoms with Crippen molar-refractivity contribution in [1.29, 1.82) is 0 Å². The largest absolute Gasteiger partial charge is 0.478 e. The number of aromatic nitrogens is 1. The van der Waals surface area contributed by atoms with Gasteiger partial charge >= 0.3 is 5.97 Å². The Hall–Kier alpha value is -1.88. The molecule has 1 aromatic carbocycles. The average molecular weight is 308 g/mol. The molecule has 1 heterocycles. The number of rotatable bonds is 2. The van der Waals surface area contributed by atoms with Gasteiger partial charge in [0.15, 0.2) is 0 Å². The lowest BCUT2D eigenvalue weighted by Gasteiger charge is -2.10. The van der Waals surface area contributed by atoms with E-state index >= 15 is 0 Å². The van der Waals surface area contributed by atoms with Crippen LogP contribution in [0.4, 0.5) is 0 Å². The highest BCUT2D eigenvalue weighted by Gasteiger charge is 2.09. The van der Waals surface area contributed by atoms with Crippen LogP contribution in [0, 0.1) is 6.92 Å². The fourth-order valence-electron chi connectivity index (χ4n) is 1.66. The molecule has 0 amide bonds. The summed E-state index contributed by atoms with van der Waals surface area (Å²) in [7, 11) is 0. The smallest absolute Gasteiger partial charge is 0.337 e. The second-order valence-electron chi connectivity index (χ2n) is 3.82. The van der Waals surface area contributed by atoms with Crippen molar-refractivity contribution in [3.05, 3.63) is 62.5 Å². The summed E-state index contributed by atoms with van der Waals surface area (Å²) in [5.74, 6) is -1.06. The van der Waals surface area contributed by atoms with Crippen molar-refractivity contribution < 1.29 is 9.90 Å². The van der Waals surface area contributed by atoms with E-state index in [0.29, 0.717) is 5.69 Å². The van der Waals surface area contributed by atoms with Gasteiger partial charge in [0.05, 0.1) is 11.3 Å². The Balaban J connectivity index is 2.70. The van der Waals surface area contributed by atoms with Crippen LogP contribution in [-0.4, -0.2) is 15.6 Å². The van der Waals surface area contributed by atoms with E-state index in [1.165, 1.54) is 22.9 Å². The maximum Gasteiger partial charge on any atom is 0.337 e. The Morgan fingerprint density at radius 1 is 1.28 bits per heavy atom. The predicted octanol–water partition coefficient (Wildman–Crippen LogP) is 2.61. The quantitative estimate of drug-likeness (QED) is 0.927. The molecule has 1 aromatic heterocycles. The van der Waals surface area contributed by atoms with Crippen molar-refractivity contribution >= 4 is 21.9 Å². The monoisotopic (exact) mass is 307 g/mol. The van der Waals surface area contributed by atoms with Crippen molar-refractivity contribution in [1.82, 2.24) is 4.57 Å². The number of hydrogen-bond acceptors (Lipinski definition) is 2. The van der Waals surface area contributed by atoms with Crippen LogP contribution in [0.25, 0.3) is 5.69 Å². The summed E-state index contributed by atoms with van der Waals surface area (Å²) in [6.07, 6.45) is 1.33. The van der Waals surface area contributed by atoms with E-state index in [0.717, 1.165) is 10.0 Å². The van der Waals surface area contributed by atoms with Crippen LogP contribution in [-0.2, 0) is 0 Å². The van der Waals surface area contributed by atoms with Crippen molar-refractivity contribution in [2.45, 2.75) is 6.92 Å². The first-order chi connectivity index (χ1) is 8.50. The highest BCUT2D eigenvalue weighted by molar-refractivity contribution is 9.10. The summed E-state index contributed by atoms with van der Waals surface area (Å²) >= 11 is 3.38. The minimum Gasteiger partial charge on any atom is -0.478 e. The van der Waals surface area contributed by atoms with Gasteiger partial charge in [-0.2, -0.15) is 0 Å². The first kappa shape index (κ1) is 12.6. The third-order valence-electron chi connectivity index (χ3n) is 2.66. The second-order valence-corrected chi connectivity index (χ2v) is 4.67. The van der Waals surface area contributed by atoms with Gasteiger partial charge in [-0.3, -0.25) is 9.36 Å². The van der Waals surface area contributed by atoms with Crippen LogP contribution in [0.1, 0.15) is 15.9 Å². The third-order valence-corrected chi connectivity index (χ3v) is 3.52. The summed E-state index contributed by atoms with van der Waals surface area (Å²) in [6.45, 7) is 1.86. The molecule has 0 radical (unpaired) electrons. The first-order valence-corrected chi connectivity index (χ1v) is 6.01. The standard InChI is InChI=1S/C13H10BrNO3/c1-8-10(14)3-2-4-11(8)15-7-9(13(17)18)5-6-12(15)16/h2-7H,1H3,(H,17,18). The second kappa shape index (κ2) is 4.78. The Morgan fingerprint density at radius 2 is 2.00 bits per heavy atom. The number of carboxylic acid groups (broad SMARTS) is 1. The van der Waals surface area contributed by atoms with Crippen molar-refractivity contribution in [3.63, 3.8) is 0 Å². The fraction of sp³-hybridized carbons (Fsp3) is 0.0769. The number of hydrogen-bond donors (Lipinski definition) is 1. The first-order valence-electron chi connectivity index (χ1n) is 5.22. The Bertz CT molecular complexity index is 676. The highest BCUT2D eigenvalue weighted by atomic mass is 79.9. The average Bonchev–Trinajstić information content (AvgIpc) is 2.33. The molecule has 0 aliphatic carbocycles. The molecule has 2 aromatic rings. The lowest BCUT2D eigenvalue weighted by molar-refractivity contribution is 0.0696.